The molecule has 2 aromatic carbocycles. The number of non-ortho nitro benzene ring substituents is 1. The topological polar surface area (TPSA) is 130 Å². The smallest absolute Gasteiger partial charge is 0.271 e. The van der Waals surface area contributed by atoms with Crippen molar-refractivity contribution in [2.75, 3.05) is 24.2 Å². The monoisotopic (exact) mass is 482 g/mol. The molecule has 0 unspecified atom stereocenters. The molecule has 0 radical (unpaired) electrons. The summed E-state index contributed by atoms with van der Waals surface area (Å²) in [6.45, 7) is 0.863. The number of rotatable bonds is 9. The molecule has 12 heteroatoms. The van der Waals surface area contributed by atoms with Crippen molar-refractivity contribution in [2.45, 2.75) is 19.5 Å². The first-order valence-electron chi connectivity index (χ1n) is 9.41. The van der Waals surface area contributed by atoms with Gasteiger partial charge in [-0.25, -0.2) is 8.42 Å². The minimum atomic E-state index is -3.98. The first-order chi connectivity index (χ1) is 14.9. The van der Waals surface area contributed by atoms with Crippen LogP contribution < -0.4 is 9.62 Å². The first kappa shape index (κ1) is 25.1. The number of nitrogens with one attached hydrogen (secondary N) is 1. The summed E-state index contributed by atoms with van der Waals surface area (Å²) in [7, 11) is -2.56. The maximum atomic E-state index is 13.2. The van der Waals surface area contributed by atoms with Crippen LogP contribution in [0.3, 0.4) is 0 Å². The lowest BCUT2D eigenvalue weighted by molar-refractivity contribution is -0.384. The summed E-state index contributed by atoms with van der Waals surface area (Å²) in [6.07, 6.45) is 0.891. The van der Waals surface area contributed by atoms with Crippen molar-refractivity contribution in [3.05, 3.63) is 69.2 Å². The third kappa shape index (κ3) is 6.41. The van der Waals surface area contributed by atoms with Crippen LogP contribution in [0, 0.1) is 10.1 Å². The molecule has 0 saturated carbocycles. The lowest BCUT2D eigenvalue weighted by Gasteiger charge is -2.31. The number of nitro benzene ring substituents is 1. The minimum absolute atomic E-state index is 0.000515. The number of halogens is 1. The molecule has 0 fully saturated rings. The van der Waals surface area contributed by atoms with Crippen LogP contribution in [0.1, 0.15) is 12.5 Å². The highest BCUT2D eigenvalue weighted by molar-refractivity contribution is 7.92. The Bertz CT molecular complexity index is 1120. The Hall–Kier alpha value is -3.18. The molecule has 0 aliphatic rings. The lowest BCUT2D eigenvalue weighted by Crippen LogP contribution is -2.50. The number of nitrogens with zero attached hydrogens (tertiary/aromatic N) is 3. The predicted octanol–water partition coefficient (Wildman–Crippen LogP) is 2.18. The minimum Gasteiger partial charge on any atom is -0.357 e. The van der Waals surface area contributed by atoms with Crippen molar-refractivity contribution < 1.29 is 22.9 Å². The van der Waals surface area contributed by atoms with Crippen molar-refractivity contribution in [1.29, 1.82) is 0 Å². The van der Waals surface area contributed by atoms with Crippen molar-refractivity contribution in [3.63, 3.8) is 0 Å². The molecule has 1 atom stereocenters. The van der Waals surface area contributed by atoms with Gasteiger partial charge < -0.3 is 10.2 Å². The molecule has 32 heavy (non-hydrogen) atoms. The van der Waals surface area contributed by atoms with E-state index in [4.69, 9.17) is 11.6 Å². The second kappa shape index (κ2) is 10.4. The van der Waals surface area contributed by atoms with E-state index in [2.05, 4.69) is 5.32 Å². The van der Waals surface area contributed by atoms with Crippen LogP contribution in [-0.4, -0.2) is 55.9 Å². The van der Waals surface area contributed by atoms with E-state index in [1.807, 2.05) is 0 Å². The molecule has 172 valence electrons. The molecule has 0 saturated heterocycles. The highest BCUT2D eigenvalue weighted by atomic mass is 35.5. The van der Waals surface area contributed by atoms with Gasteiger partial charge >= 0.3 is 0 Å². The Morgan fingerprint density at radius 3 is 2.41 bits per heavy atom. The summed E-state index contributed by atoms with van der Waals surface area (Å²) in [4.78, 5) is 37.1. The maximum Gasteiger partial charge on any atom is 0.271 e. The SMILES string of the molecule is CNC(=O)[C@@H](C)N(Cc1cccc(Cl)c1)C(=O)CN(c1cccc([N+](=O)[O-])c1)S(C)(=O)=O. The van der Waals surface area contributed by atoms with Gasteiger partial charge in [0, 0.05) is 30.7 Å². The zero-order valence-electron chi connectivity index (χ0n) is 17.7. The summed E-state index contributed by atoms with van der Waals surface area (Å²) in [5, 5.41) is 14.0. The number of hydrogen-bond donors (Lipinski definition) is 1. The van der Waals surface area contributed by atoms with Gasteiger partial charge in [-0.3, -0.25) is 24.0 Å². The number of carbonyl (C=O) groups is 2. The molecule has 10 nitrogen and oxygen atoms in total. The Morgan fingerprint density at radius 1 is 1.19 bits per heavy atom. The van der Waals surface area contributed by atoms with E-state index in [-0.39, 0.29) is 17.9 Å². The molecular formula is C20H23ClN4O6S. The average Bonchev–Trinajstić information content (AvgIpc) is 2.73. The van der Waals surface area contributed by atoms with Crippen molar-refractivity contribution in [2.24, 2.45) is 0 Å². The molecule has 2 aromatic rings. The van der Waals surface area contributed by atoms with Gasteiger partial charge in [0.05, 0.1) is 16.9 Å². The van der Waals surface area contributed by atoms with Gasteiger partial charge in [0.2, 0.25) is 21.8 Å². The molecule has 2 amide bonds. The molecular weight excluding hydrogens is 460 g/mol. The van der Waals surface area contributed by atoms with E-state index in [0.29, 0.717) is 10.6 Å². The largest absolute Gasteiger partial charge is 0.357 e. The van der Waals surface area contributed by atoms with Gasteiger partial charge in [-0.15, -0.1) is 0 Å². The second-order valence-corrected chi connectivity index (χ2v) is 9.33. The molecule has 0 bridgehead atoms. The third-order valence-corrected chi connectivity index (χ3v) is 6.04. The van der Waals surface area contributed by atoms with Crippen molar-refractivity contribution in [3.8, 4) is 0 Å². The molecule has 0 aliphatic heterocycles. The average molecular weight is 483 g/mol. The van der Waals surface area contributed by atoms with Gasteiger partial charge in [0.25, 0.3) is 5.69 Å². The van der Waals surface area contributed by atoms with Gasteiger partial charge in [-0.2, -0.15) is 0 Å². The quantitative estimate of drug-likeness (QED) is 0.430. The fraction of sp³-hybridized carbons (Fsp3) is 0.300. The van der Waals surface area contributed by atoms with Crippen LogP contribution in [0.2, 0.25) is 5.02 Å². The standard InChI is InChI=1S/C20H23ClN4O6S/c1-14(20(27)22-2)23(12-15-6-4-7-16(21)10-15)19(26)13-24(32(3,30)31)17-8-5-9-18(11-17)25(28)29/h4-11,14H,12-13H2,1-3H3,(H,22,27)/t14-/m1/s1. The van der Waals surface area contributed by atoms with E-state index < -0.39 is 39.3 Å². The van der Waals surface area contributed by atoms with Crippen LogP contribution in [0.5, 0.6) is 0 Å². The van der Waals surface area contributed by atoms with E-state index in [1.165, 1.54) is 37.1 Å². The molecule has 1 N–H and O–H groups in total. The molecule has 0 aliphatic carbocycles. The number of likely N-dealkylation sites (N-methyl/N-ethyl adjacent to an activating group) is 1. The normalized spacial score (nSPS) is 12.0. The Balaban J connectivity index is 2.42. The summed E-state index contributed by atoms with van der Waals surface area (Å²) < 4.78 is 25.6. The number of sulfonamides is 1. The van der Waals surface area contributed by atoms with Gasteiger partial charge in [-0.1, -0.05) is 29.8 Å². The lowest BCUT2D eigenvalue weighted by atomic mass is 10.1. The van der Waals surface area contributed by atoms with Crippen LogP contribution >= 0.6 is 11.6 Å². The number of anilines is 1. The second-order valence-electron chi connectivity index (χ2n) is 6.99. The van der Waals surface area contributed by atoms with E-state index in [0.717, 1.165) is 16.6 Å². The predicted molar refractivity (Wildman–Crippen MR) is 121 cm³/mol. The summed E-state index contributed by atoms with van der Waals surface area (Å²) >= 11 is 6.02. The Labute approximate surface area is 191 Å². The van der Waals surface area contributed by atoms with Crippen LogP contribution in [0.25, 0.3) is 0 Å². The third-order valence-electron chi connectivity index (χ3n) is 4.66. The summed E-state index contributed by atoms with van der Waals surface area (Å²) in [5.41, 5.74) is 0.284. The Kier molecular flexibility index (Phi) is 8.17. The van der Waals surface area contributed by atoms with Crippen molar-refractivity contribution in [1.82, 2.24) is 10.2 Å². The highest BCUT2D eigenvalue weighted by Crippen LogP contribution is 2.24. The fourth-order valence-corrected chi connectivity index (χ4v) is 4.05. The van der Waals surface area contributed by atoms with E-state index in [9.17, 15) is 28.1 Å². The maximum absolute atomic E-state index is 13.2. The summed E-state index contributed by atoms with van der Waals surface area (Å²) in [6, 6.07) is 10.7. The highest BCUT2D eigenvalue weighted by Gasteiger charge is 2.30. The number of carbonyl (C=O) groups excluding carboxylic acids is 2. The number of benzene rings is 2. The zero-order chi connectivity index (χ0) is 24.1. The molecule has 0 heterocycles. The first-order valence-corrected chi connectivity index (χ1v) is 11.6. The summed E-state index contributed by atoms with van der Waals surface area (Å²) in [5.74, 6) is -1.11. The number of amides is 2. The van der Waals surface area contributed by atoms with Gasteiger partial charge in [-0.05, 0) is 30.7 Å². The van der Waals surface area contributed by atoms with E-state index >= 15 is 0 Å². The van der Waals surface area contributed by atoms with Crippen LogP contribution in [0.4, 0.5) is 11.4 Å². The van der Waals surface area contributed by atoms with Gasteiger partial charge in [0.1, 0.15) is 12.6 Å². The van der Waals surface area contributed by atoms with Crippen LogP contribution in [0.15, 0.2) is 48.5 Å². The Morgan fingerprint density at radius 2 is 1.84 bits per heavy atom. The molecule has 0 spiro atoms. The number of nitro groups is 1. The molecule has 0 aromatic heterocycles. The van der Waals surface area contributed by atoms with Crippen LogP contribution in [-0.2, 0) is 26.2 Å². The zero-order valence-corrected chi connectivity index (χ0v) is 19.3. The van der Waals surface area contributed by atoms with Gasteiger partial charge in [0.15, 0.2) is 0 Å². The van der Waals surface area contributed by atoms with Crippen molar-refractivity contribution >= 4 is 44.8 Å². The fourth-order valence-electron chi connectivity index (χ4n) is 3.00. The van der Waals surface area contributed by atoms with E-state index in [1.54, 1.807) is 24.3 Å². The number of hydrogen-bond acceptors (Lipinski definition) is 6. The molecule has 2 rings (SSSR count).